The molecule has 136 valence electrons. The van der Waals surface area contributed by atoms with E-state index in [-0.39, 0.29) is 6.61 Å². The van der Waals surface area contributed by atoms with Gasteiger partial charge in [0.25, 0.3) is 5.91 Å². The Kier molecular flexibility index (Phi) is 6.32. The number of hydrogen-bond donors (Lipinski definition) is 2. The highest BCUT2D eigenvalue weighted by molar-refractivity contribution is 6.02. The molecule has 0 spiro atoms. The normalized spacial score (nSPS) is 10.6. The Morgan fingerprint density at radius 3 is 2.65 bits per heavy atom. The van der Waals surface area contributed by atoms with Gasteiger partial charge in [-0.05, 0) is 48.4 Å². The van der Waals surface area contributed by atoms with Crippen LogP contribution in [0.25, 0.3) is 6.08 Å². The summed E-state index contributed by atoms with van der Waals surface area (Å²) in [4.78, 5) is 22.8. The van der Waals surface area contributed by atoms with Crippen LogP contribution in [-0.4, -0.2) is 25.5 Å². The third kappa shape index (κ3) is 5.34. The summed E-state index contributed by atoms with van der Waals surface area (Å²) in [5.41, 5.74) is 6.89. The van der Waals surface area contributed by atoms with E-state index in [1.807, 2.05) is 0 Å². The standard InChI is InChI=1S/C19H19FN2O4/c1-12-3-6-14(20)10-15(12)22-19(24)8-5-13-4-7-16(17(9-13)25-2)26-11-18(21)23/h3-10H,11H2,1-2H3,(H2,21,23)(H,22,24)/b8-5+. The Morgan fingerprint density at radius 1 is 1.19 bits per heavy atom. The number of hydrogen-bond acceptors (Lipinski definition) is 4. The average Bonchev–Trinajstić information content (AvgIpc) is 2.61. The maximum atomic E-state index is 13.3. The zero-order valence-corrected chi connectivity index (χ0v) is 14.4. The fourth-order valence-electron chi connectivity index (χ4n) is 2.13. The summed E-state index contributed by atoms with van der Waals surface area (Å²) in [5, 5.41) is 2.62. The van der Waals surface area contributed by atoms with Crippen molar-refractivity contribution < 1.29 is 23.5 Å². The Morgan fingerprint density at radius 2 is 1.96 bits per heavy atom. The van der Waals surface area contributed by atoms with Gasteiger partial charge >= 0.3 is 0 Å². The number of halogens is 1. The lowest BCUT2D eigenvalue weighted by Gasteiger charge is -2.10. The van der Waals surface area contributed by atoms with Crippen LogP contribution in [-0.2, 0) is 9.59 Å². The molecule has 0 aromatic heterocycles. The van der Waals surface area contributed by atoms with Gasteiger partial charge in [-0.2, -0.15) is 0 Å². The molecule has 6 nitrogen and oxygen atoms in total. The number of aryl methyl sites for hydroxylation is 1. The number of rotatable bonds is 7. The highest BCUT2D eigenvalue weighted by Crippen LogP contribution is 2.28. The van der Waals surface area contributed by atoms with Gasteiger partial charge in [0.05, 0.1) is 7.11 Å². The van der Waals surface area contributed by atoms with Gasteiger partial charge in [0.2, 0.25) is 5.91 Å². The van der Waals surface area contributed by atoms with Crippen molar-refractivity contribution >= 4 is 23.6 Å². The number of nitrogens with one attached hydrogen (secondary N) is 1. The fourth-order valence-corrected chi connectivity index (χ4v) is 2.13. The Bertz CT molecular complexity index is 849. The smallest absolute Gasteiger partial charge is 0.255 e. The minimum absolute atomic E-state index is 0.263. The first-order valence-corrected chi connectivity index (χ1v) is 7.73. The van der Waals surface area contributed by atoms with Crippen molar-refractivity contribution in [1.82, 2.24) is 0 Å². The molecule has 2 aromatic carbocycles. The van der Waals surface area contributed by atoms with Gasteiger partial charge in [-0.25, -0.2) is 4.39 Å². The van der Waals surface area contributed by atoms with Gasteiger partial charge in [0.15, 0.2) is 18.1 Å². The van der Waals surface area contributed by atoms with E-state index in [4.69, 9.17) is 15.2 Å². The second-order valence-electron chi connectivity index (χ2n) is 5.45. The second kappa shape index (κ2) is 8.66. The van der Waals surface area contributed by atoms with E-state index in [9.17, 15) is 14.0 Å². The molecule has 0 aliphatic rings. The summed E-state index contributed by atoms with van der Waals surface area (Å²) in [7, 11) is 1.46. The molecule has 0 saturated heterocycles. The molecule has 3 N–H and O–H groups in total. The number of carbonyl (C=O) groups excluding carboxylic acids is 2. The van der Waals surface area contributed by atoms with Crippen molar-refractivity contribution in [3.05, 3.63) is 59.4 Å². The predicted molar refractivity (Wildman–Crippen MR) is 96.5 cm³/mol. The molecular weight excluding hydrogens is 339 g/mol. The lowest BCUT2D eigenvalue weighted by atomic mass is 10.1. The van der Waals surface area contributed by atoms with Crippen molar-refractivity contribution in [2.45, 2.75) is 6.92 Å². The molecule has 0 fully saturated rings. The molecule has 0 bridgehead atoms. The molecule has 2 aromatic rings. The number of nitrogens with two attached hydrogens (primary N) is 1. The Balaban J connectivity index is 2.08. The molecule has 0 aliphatic heterocycles. The van der Waals surface area contributed by atoms with E-state index in [2.05, 4.69) is 5.32 Å². The summed E-state index contributed by atoms with van der Waals surface area (Å²) in [5.74, 6) is -0.656. The third-order valence-corrected chi connectivity index (χ3v) is 3.44. The number of ether oxygens (including phenoxy) is 2. The van der Waals surface area contributed by atoms with E-state index in [1.165, 1.54) is 25.3 Å². The molecule has 0 radical (unpaired) electrons. The van der Waals surface area contributed by atoms with E-state index < -0.39 is 17.6 Å². The van der Waals surface area contributed by atoms with E-state index in [1.54, 1.807) is 37.3 Å². The molecule has 0 unspecified atom stereocenters. The molecule has 2 rings (SSSR count). The summed E-state index contributed by atoms with van der Waals surface area (Å²) in [6.07, 6.45) is 2.90. The van der Waals surface area contributed by atoms with Crippen LogP contribution in [0.4, 0.5) is 10.1 Å². The second-order valence-corrected chi connectivity index (χ2v) is 5.45. The monoisotopic (exact) mass is 358 g/mol. The van der Waals surface area contributed by atoms with Gasteiger partial charge in [-0.3, -0.25) is 9.59 Å². The maximum Gasteiger partial charge on any atom is 0.255 e. The van der Waals surface area contributed by atoms with Crippen molar-refractivity contribution in [3.63, 3.8) is 0 Å². The van der Waals surface area contributed by atoms with Crippen LogP contribution in [0.3, 0.4) is 0 Å². The predicted octanol–water partition coefficient (Wildman–Crippen LogP) is 2.66. The largest absolute Gasteiger partial charge is 0.493 e. The van der Waals surface area contributed by atoms with Gasteiger partial charge in [0.1, 0.15) is 5.82 Å². The van der Waals surface area contributed by atoms with Crippen molar-refractivity contribution in [2.24, 2.45) is 5.73 Å². The molecule has 0 aliphatic carbocycles. The molecule has 2 amide bonds. The minimum Gasteiger partial charge on any atom is -0.493 e. The number of carbonyl (C=O) groups is 2. The molecule has 26 heavy (non-hydrogen) atoms. The molecule has 0 saturated carbocycles. The average molecular weight is 358 g/mol. The van der Waals surface area contributed by atoms with E-state index in [0.717, 1.165) is 5.56 Å². The van der Waals surface area contributed by atoms with Crippen LogP contribution >= 0.6 is 0 Å². The zero-order valence-electron chi connectivity index (χ0n) is 14.4. The van der Waals surface area contributed by atoms with Gasteiger partial charge in [-0.1, -0.05) is 12.1 Å². The van der Waals surface area contributed by atoms with Crippen molar-refractivity contribution in [2.75, 3.05) is 19.0 Å². The Labute approximate surface area is 150 Å². The summed E-state index contributed by atoms with van der Waals surface area (Å²) < 4.78 is 23.7. The number of amides is 2. The summed E-state index contributed by atoms with van der Waals surface area (Å²) >= 11 is 0. The highest BCUT2D eigenvalue weighted by atomic mass is 19.1. The maximum absolute atomic E-state index is 13.3. The van der Waals surface area contributed by atoms with E-state index in [0.29, 0.717) is 22.7 Å². The molecular formula is C19H19FN2O4. The quantitative estimate of drug-likeness (QED) is 0.745. The first-order chi connectivity index (χ1) is 12.4. The van der Waals surface area contributed by atoms with Crippen molar-refractivity contribution in [1.29, 1.82) is 0 Å². The minimum atomic E-state index is -0.597. The molecule has 7 heteroatoms. The van der Waals surface area contributed by atoms with Crippen LogP contribution < -0.4 is 20.5 Å². The SMILES string of the molecule is COc1cc(/C=C/C(=O)Nc2cc(F)ccc2C)ccc1OCC(N)=O. The van der Waals surface area contributed by atoms with Crippen LogP contribution in [0.1, 0.15) is 11.1 Å². The first kappa shape index (κ1) is 19.0. The van der Waals surface area contributed by atoms with Crippen LogP contribution in [0.5, 0.6) is 11.5 Å². The van der Waals surface area contributed by atoms with Crippen LogP contribution in [0.15, 0.2) is 42.5 Å². The van der Waals surface area contributed by atoms with Crippen LogP contribution in [0.2, 0.25) is 0 Å². The molecule has 0 atom stereocenters. The van der Waals surface area contributed by atoms with Crippen molar-refractivity contribution in [3.8, 4) is 11.5 Å². The summed E-state index contributed by atoms with van der Waals surface area (Å²) in [6, 6.07) is 9.12. The lowest BCUT2D eigenvalue weighted by Crippen LogP contribution is -2.20. The number of methoxy groups -OCH3 is 1. The third-order valence-electron chi connectivity index (χ3n) is 3.44. The fraction of sp³-hybridized carbons (Fsp3) is 0.158. The van der Waals surface area contributed by atoms with Gasteiger partial charge in [-0.15, -0.1) is 0 Å². The highest BCUT2D eigenvalue weighted by Gasteiger charge is 2.07. The zero-order chi connectivity index (χ0) is 19.1. The topological polar surface area (TPSA) is 90.7 Å². The van der Waals surface area contributed by atoms with Crippen LogP contribution in [0, 0.1) is 12.7 Å². The number of primary amides is 1. The van der Waals surface area contributed by atoms with Gasteiger partial charge < -0.3 is 20.5 Å². The first-order valence-electron chi connectivity index (χ1n) is 7.73. The summed E-state index contributed by atoms with van der Waals surface area (Å²) in [6.45, 7) is 1.51. The molecule has 0 heterocycles. The number of benzene rings is 2. The number of anilines is 1. The lowest BCUT2D eigenvalue weighted by molar-refractivity contribution is -0.120. The van der Waals surface area contributed by atoms with E-state index >= 15 is 0 Å². The van der Waals surface area contributed by atoms with Gasteiger partial charge in [0, 0.05) is 11.8 Å². The Hall–Kier alpha value is -3.35.